The Hall–Kier alpha value is -2.12. The summed E-state index contributed by atoms with van der Waals surface area (Å²) in [6.45, 7) is 1.54. The topological polar surface area (TPSA) is 93.7 Å². The summed E-state index contributed by atoms with van der Waals surface area (Å²) in [5, 5.41) is 19.0. The number of fused-ring (bicyclic) bond motifs is 1. The molecule has 1 spiro atoms. The van der Waals surface area contributed by atoms with Gasteiger partial charge in [-0.3, -0.25) is 9.59 Å². The molecule has 0 radical (unpaired) electrons. The Morgan fingerprint density at radius 3 is 2.58 bits per heavy atom. The predicted octanol–water partition coefficient (Wildman–Crippen LogP) is 0.135. The number of amides is 2. The largest absolute Gasteiger partial charge is 0.392 e. The van der Waals surface area contributed by atoms with E-state index < -0.39 is 11.6 Å². The molecule has 1 aromatic rings. The van der Waals surface area contributed by atoms with Gasteiger partial charge in [0.2, 0.25) is 11.8 Å². The second kappa shape index (κ2) is 5.75. The van der Waals surface area contributed by atoms with Crippen LogP contribution in [0.3, 0.4) is 0 Å². The minimum absolute atomic E-state index is 0.0253. The highest BCUT2D eigenvalue weighted by molar-refractivity contribution is 6.06. The second-order valence-corrected chi connectivity index (χ2v) is 6.88. The predicted molar refractivity (Wildman–Crippen MR) is 89.7 cm³/mol. The van der Waals surface area contributed by atoms with Crippen LogP contribution < -0.4 is 16.0 Å². The molecule has 0 unspecified atom stereocenters. The van der Waals surface area contributed by atoms with Gasteiger partial charge >= 0.3 is 0 Å². The number of β-amino-alcohol motifs (C(OH)–C–C–N with tert-alkyl or cyclic N) is 1. The van der Waals surface area contributed by atoms with E-state index >= 15 is 0 Å². The molecular weight excluding hydrogens is 308 g/mol. The normalized spacial score (nSPS) is 28.2. The van der Waals surface area contributed by atoms with Crippen molar-refractivity contribution in [3.63, 3.8) is 0 Å². The number of rotatable bonds is 1. The van der Waals surface area contributed by atoms with Crippen molar-refractivity contribution in [2.75, 3.05) is 30.3 Å². The number of carbonyl (C=O) groups is 2. The maximum absolute atomic E-state index is 12.6. The summed E-state index contributed by atoms with van der Waals surface area (Å²) in [6.07, 6.45) is 1.17. The van der Waals surface area contributed by atoms with Crippen molar-refractivity contribution in [3.05, 3.63) is 24.3 Å². The van der Waals surface area contributed by atoms with E-state index in [0.29, 0.717) is 38.9 Å². The standard InChI is InChI=1S/C17H22N4O3/c22-11-9-14(18-10-11)15(23)21-7-5-17(6-8-21)16(24)19-12-3-1-2-4-13(12)20-17/h1-4,11,14,18,20,22H,5-10H2,(H,19,24)/t11-,14+/m1/s1. The molecule has 3 aliphatic rings. The van der Waals surface area contributed by atoms with Gasteiger partial charge in [-0.05, 0) is 31.4 Å². The fourth-order valence-electron chi connectivity index (χ4n) is 3.84. The average Bonchev–Trinajstić information content (AvgIpc) is 3.02. The minimum atomic E-state index is -0.645. The number of nitrogens with one attached hydrogen (secondary N) is 3. The lowest BCUT2D eigenvalue weighted by Crippen LogP contribution is -2.60. The van der Waals surface area contributed by atoms with Gasteiger partial charge in [0.15, 0.2) is 0 Å². The third-order valence-electron chi connectivity index (χ3n) is 5.32. The van der Waals surface area contributed by atoms with Crippen LogP contribution in [0.15, 0.2) is 24.3 Å². The zero-order chi connectivity index (χ0) is 16.7. The lowest BCUT2D eigenvalue weighted by molar-refractivity contribution is -0.136. The van der Waals surface area contributed by atoms with Gasteiger partial charge < -0.3 is 26.0 Å². The van der Waals surface area contributed by atoms with Crippen LogP contribution in [0.2, 0.25) is 0 Å². The molecule has 4 N–H and O–H groups in total. The van der Waals surface area contributed by atoms with Crippen molar-refractivity contribution in [2.24, 2.45) is 0 Å². The van der Waals surface area contributed by atoms with Gasteiger partial charge in [0.1, 0.15) is 5.54 Å². The monoisotopic (exact) mass is 330 g/mol. The summed E-state index contributed by atoms with van der Waals surface area (Å²) >= 11 is 0. The van der Waals surface area contributed by atoms with E-state index in [1.807, 2.05) is 24.3 Å². The third kappa shape index (κ3) is 2.53. The van der Waals surface area contributed by atoms with Crippen LogP contribution in [0.1, 0.15) is 19.3 Å². The number of aliphatic hydroxyl groups excluding tert-OH is 1. The van der Waals surface area contributed by atoms with E-state index in [0.717, 1.165) is 11.4 Å². The van der Waals surface area contributed by atoms with Crippen LogP contribution in [-0.2, 0) is 9.59 Å². The molecule has 0 saturated carbocycles. The maximum atomic E-state index is 12.6. The van der Waals surface area contributed by atoms with Gasteiger partial charge in [0.05, 0.1) is 23.5 Å². The minimum Gasteiger partial charge on any atom is -0.392 e. The summed E-state index contributed by atoms with van der Waals surface area (Å²) in [5.41, 5.74) is 1.08. The summed E-state index contributed by atoms with van der Waals surface area (Å²) in [7, 11) is 0. The number of hydrogen-bond donors (Lipinski definition) is 4. The van der Waals surface area contributed by atoms with Gasteiger partial charge in [0.25, 0.3) is 0 Å². The zero-order valence-corrected chi connectivity index (χ0v) is 13.4. The number of hydrogen-bond acceptors (Lipinski definition) is 5. The highest BCUT2D eigenvalue weighted by Gasteiger charge is 2.45. The Bertz CT molecular complexity index is 670. The number of para-hydroxylation sites is 2. The number of nitrogens with zero attached hydrogens (tertiary/aromatic N) is 1. The van der Waals surface area contributed by atoms with Crippen LogP contribution >= 0.6 is 0 Å². The van der Waals surface area contributed by atoms with Crippen molar-refractivity contribution >= 4 is 23.2 Å². The molecule has 7 nitrogen and oxygen atoms in total. The van der Waals surface area contributed by atoms with Crippen LogP contribution in [0.5, 0.6) is 0 Å². The van der Waals surface area contributed by atoms with Gasteiger partial charge in [-0.1, -0.05) is 12.1 Å². The first-order chi connectivity index (χ1) is 11.6. The lowest BCUT2D eigenvalue weighted by Gasteiger charge is -2.44. The quantitative estimate of drug-likeness (QED) is 0.587. The third-order valence-corrected chi connectivity index (χ3v) is 5.32. The molecule has 2 atom stereocenters. The molecule has 0 bridgehead atoms. The van der Waals surface area contributed by atoms with Crippen molar-refractivity contribution in [3.8, 4) is 0 Å². The maximum Gasteiger partial charge on any atom is 0.250 e. The van der Waals surface area contributed by atoms with Crippen LogP contribution in [0.25, 0.3) is 0 Å². The van der Waals surface area contributed by atoms with E-state index in [2.05, 4.69) is 16.0 Å². The number of aliphatic hydroxyl groups is 1. The smallest absolute Gasteiger partial charge is 0.250 e. The molecule has 2 fully saturated rings. The van der Waals surface area contributed by atoms with Crippen molar-refractivity contribution in [2.45, 2.75) is 36.9 Å². The van der Waals surface area contributed by atoms with Gasteiger partial charge in [0, 0.05) is 19.6 Å². The molecule has 2 amide bonds. The van der Waals surface area contributed by atoms with Gasteiger partial charge in [-0.15, -0.1) is 0 Å². The zero-order valence-electron chi connectivity index (χ0n) is 13.4. The van der Waals surface area contributed by atoms with E-state index in [1.54, 1.807) is 4.90 Å². The molecule has 24 heavy (non-hydrogen) atoms. The molecule has 1 aromatic carbocycles. The van der Waals surface area contributed by atoms with Gasteiger partial charge in [-0.2, -0.15) is 0 Å². The second-order valence-electron chi connectivity index (χ2n) is 6.88. The highest BCUT2D eigenvalue weighted by atomic mass is 16.3. The highest BCUT2D eigenvalue weighted by Crippen LogP contribution is 2.36. The summed E-state index contributed by atoms with van der Waals surface area (Å²) in [6, 6.07) is 7.36. The van der Waals surface area contributed by atoms with E-state index in [-0.39, 0.29) is 17.9 Å². The van der Waals surface area contributed by atoms with Crippen LogP contribution in [-0.4, -0.2) is 59.1 Å². The van der Waals surface area contributed by atoms with E-state index in [1.165, 1.54) is 0 Å². The SMILES string of the molecule is O=C([C@@H]1C[C@@H](O)CN1)N1CCC2(CC1)Nc1ccccc1NC2=O. The number of piperidine rings is 1. The summed E-state index contributed by atoms with van der Waals surface area (Å²) in [4.78, 5) is 26.9. The molecule has 3 heterocycles. The first-order valence-corrected chi connectivity index (χ1v) is 8.46. The van der Waals surface area contributed by atoms with Crippen LogP contribution in [0.4, 0.5) is 11.4 Å². The Labute approximate surface area is 140 Å². The number of anilines is 2. The van der Waals surface area contributed by atoms with E-state index in [9.17, 15) is 14.7 Å². The number of benzene rings is 1. The first kappa shape index (κ1) is 15.4. The van der Waals surface area contributed by atoms with Gasteiger partial charge in [-0.25, -0.2) is 0 Å². The van der Waals surface area contributed by atoms with Crippen molar-refractivity contribution in [1.29, 1.82) is 0 Å². The van der Waals surface area contributed by atoms with Crippen LogP contribution in [0, 0.1) is 0 Å². The molecule has 7 heteroatoms. The fraction of sp³-hybridized carbons (Fsp3) is 0.529. The molecule has 3 aliphatic heterocycles. The van der Waals surface area contributed by atoms with E-state index in [4.69, 9.17) is 0 Å². The van der Waals surface area contributed by atoms with Crippen molar-refractivity contribution < 1.29 is 14.7 Å². The Morgan fingerprint density at radius 2 is 1.92 bits per heavy atom. The first-order valence-electron chi connectivity index (χ1n) is 8.46. The average molecular weight is 330 g/mol. The van der Waals surface area contributed by atoms with Crippen molar-refractivity contribution in [1.82, 2.24) is 10.2 Å². The summed E-state index contributed by atoms with van der Waals surface area (Å²) < 4.78 is 0. The molecule has 2 saturated heterocycles. The Kier molecular flexibility index (Phi) is 3.69. The molecule has 4 rings (SSSR count). The molecule has 128 valence electrons. The number of likely N-dealkylation sites (tertiary alicyclic amines) is 1. The number of carbonyl (C=O) groups excluding carboxylic acids is 2. The summed E-state index contributed by atoms with van der Waals surface area (Å²) in [5.74, 6) is 0.000676. The molecule has 0 aliphatic carbocycles. The molecule has 0 aromatic heterocycles. The molecular formula is C17H22N4O3. The Balaban J connectivity index is 1.44. The lowest BCUT2D eigenvalue weighted by atomic mass is 9.84. The fourth-order valence-corrected chi connectivity index (χ4v) is 3.84. The Morgan fingerprint density at radius 1 is 1.21 bits per heavy atom.